The molecule has 0 aromatic heterocycles. The van der Waals surface area contributed by atoms with Crippen LogP contribution in [0.2, 0.25) is 10.0 Å². The minimum Gasteiger partial charge on any atom is -0.378 e. The molecule has 0 saturated carbocycles. The van der Waals surface area contributed by atoms with Gasteiger partial charge in [0.2, 0.25) is 0 Å². The number of halogens is 3. The molecule has 2 rings (SSSR count). The van der Waals surface area contributed by atoms with E-state index in [-0.39, 0.29) is 6.04 Å². The van der Waals surface area contributed by atoms with Gasteiger partial charge in [-0.2, -0.15) is 0 Å². The van der Waals surface area contributed by atoms with Gasteiger partial charge in [-0.25, -0.2) is 0 Å². The maximum absolute atomic E-state index is 6.04. The third-order valence-electron chi connectivity index (χ3n) is 3.00. The molecule has 4 heteroatoms. The summed E-state index contributed by atoms with van der Waals surface area (Å²) < 4.78 is 1.10. The van der Waals surface area contributed by atoms with E-state index in [0.717, 1.165) is 15.7 Å². The first-order valence-electron chi connectivity index (χ1n) is 5.95. The highest BCUT2D eigenvalue weighted by molar-refractivity contribution is 9.10. The quantitative estimate of drug-likeness (QED) is 0.684. The van der Waals surface area contributed by atoms with Crippen molar-refractivity contribution in [3.05, 3.63) is 62.0 Å². The van der Waals surface area contributed by atoms with Crippen molar-refractivity contribution in [2.45, 2.75) is 19.9 Å². The van der Waals surface area contributed by atoms with Crippen molar-refractivity contribution < 1.29 is 0 Å². The van der Waals surface area contributed by atoms with Crippen LogP contribution in [0.25, 0.3) is 0 Å². The average molecular weight is 359 g/mol. The van der Waals surface area contributed by atoms with E-state index in [2.05, 4.69) is 53.3 Å². The predicted molar refractivity (Wildman–Crippen MR) is 87.4 cm³/mol. The third-order valence-corrected chi connectivity index (χ3v) is 4.59. The van der Waals surface area contributed by atoms with Gasteiger partial charge in [0.25, 0.3) is 0 Å². The van der Waals surface area contributed by atoms with Gasteiger partial charge in [-0.15, -0.1) is 0 Å². The van der Waals surface area contributed by atoms with E-state index in [4.69, 9.17) is 23.2 Å². The molecule has 2 aromatic rings. The second kappa shape index (κ2) is 6.17. The first-order chi connectivity index (χ1) is 8.97. The monoisotopic (exact) mass is 357 g/mol. The Kier molecular flexibility index (Phi) is 4.77. The van der Waals surface area contributed by atoms with Crippen LogP contribution >= 0.6 is 39.1 Å². The molecule has 0 aliphatic carbocycles. The fourth-order valence-electron chi connectivity index (χ4n) is 1.80. The van der Waals surface area contributed by atoms with Crippen LogP contribution < -0.4 is 5.32 Å². The Morgan fingerprint density at radius 2 is 1.79 bits per heavy atom. The molecular formula is C15H14BrCl2N. The zero-order valence-electron chi connectivity index (χ0n) is 10.7. The van der Waals surface area contributed by atoms with Crippen molar-refractivity contribution in [2.75, 3.05) is 5.32 Å². The maximum Gasteiger partial charge on any atom is 0.0595 e. The zero-order chi connectivity index (χ0) is 14.0. The summed E-state index contributed by atoms with van der Waals surface area (Å²) in [5, 5.41) is 4.60. The summed E-state index contributed by atoms with van der Waals surface area (Å²) in [4.78, 5) is 0. The van der Waals surface area contributed by atoms with Crippen molar-refractivity contribution >= 4 is 44.8 Å². The Hall–Kier alpha value is -0.700. The first kappa shape index (κ1) is 14.7. The minimum absolute atomic E-state index is 0.157. The van der Waals surface area contributed by atoms with Gasteiger partial charge in [0.15, 0.2) is 0 Å². The van der Waals surface area contributed by atoms with Crippen LogP contribution in [0.3, 0.4) is 0 Å². The largest absolute Gasteiger partial charge is 0.378 e. The van der Waals surface area contributed by atoms with Gasteiger partial charge in [0.1, 0.15) is 0 Å². The van der Waals surface area contributed by atoms with Crippen LogP contribution in [0.1, 0.15) is 24.1 Å². The number of nitrogens with one attached hydrogen (secondary N) is 1. The molecule has 19 heavy (non-hydrogen) atoms. The standard InChI is InChI=1S/C15H14BrCl2N/c1-9-3-5-12(8-13(9)16)19-10(2)11-4-6-14(17)15(18)7-11/h3-8,10,19H,1-2H3. The molecule has 1 nitrogen and oxygen atoms in total. The second-order valence-electron chi connectivity index (χ2n) is 4.50. The smallest absolute Gasteiger partial charge is 0.0595 e. The molecule has 100 valence electrons. The van der Waals surface area contributed by atoms with Gasteiger partial charge in [-0.3, -0.25) is 0 Å². The Morgan fingerprint density at radius 3 is 2.42 bits per heavy atom. The SMILES string of the molecule is Cc1ccc(NC(C)c2ccc(Cl)c(Cl)c2)cc1Br. The van der Waals surface area contributed by atoms with Gasteiger partial charge >= 0.3 is 0 Å². The fourth-order valence-corrected chi connectivity index (χ4v) is 2.48. The number of hydrogen-bond donors (Lipinski definition) is 1. The van der Waals surface area contributed by atoms with Gasteiger partial charge in [-0.05, 0) is 49.2 Å². The van der Waals surface area contributed by atoms with E-state index >= 15 is 0 Å². The highest BCUT2D eigenvalue weighted by Gasteiger charge is 2.08. The molecule has 2 aromatic carbocycles. The van der Waals surface area contributed by atoms with E-state index in [9.17, 15) is 0 Å². The van der Waals surface area contributed by atoms with Crippen molar-refractivity contribution in [1.82, 2.24) is 0 Å². The second-order valence-corrected chi connectivity index (χ2v) is 6.17. The lowest BCUT2D eigenvalue weighted by molar-refractivity contribution is 0.884. The minimum atomic E-state index is 0.157. The van der Waals surface area contributed by atoms with Crippen LogP contribution in [0, 0.1) is 6.92 Å². The summed E-state index contributed by atoms with van der Waals surface area (Å²) >= 11 is 15.5. The number of benzene rings is 2. The predicted octanol–water partition coefficient (Wildman–Crippen LogP) is 6.24. The van der Waals surface area contributed by atoms with Gasteiger partial charge in [0, 0.05) is 16.2 Å². The summed E-state index contributed by atoms with van der Waals surface area (Å²) in [6.07, 6.45) is 0. The molecule has 0 bridgehead atoms. The summed E-state index contributed by atoms with van der Waals surface area (Å²) in [5.41, 5.74) is 3.38. The molecule has 1 unspecified atom stereocenters. The normalized spacial score (nSPS) is 12.3. The van der Waals surface area contributed by atoms with Gasteiger partial charge < -0.3 is 5.32 Å². The molecule has 0 amide bonds. The van der Waals surface area contributed by atoms with Crippen LogP contribution in [-0.2, 0) is 0 Å². The summed E-state index contributed by atoms with van der Waals surface area (Å²) in [6.45, 7) is 4.16. The molecule has 0 aliphatic rings. The van der Waals surface area contributed by atoms with Crippen molar-refractivity contribution in [3.63, 3.8) is 0 Å². The van der Waals surface area contributed by atoms with Crippen LogP contribution in [0.5, 0.6) is 0 Å². The summed E-state index contributed by atoms with van der Waals surface area (Å²) in [5.74, 6) is 0. The molecule has 0 spiro atoms. The Labute approximate surface area is 132 Å². The first-order valence-corrected chi connectivity index (χ1v) is 7.50. The molecule has 1 N–H and O–H groups in total. The van der Waals surface area contributed by atoms with E-state index in [1.165, 1.54) is 5.56 Å². The lowest BCUT2D eigenvalue weighted by atomic mass is 10.1. The molecule has 0 heterocycles. The van der Waals surface area contributed by atoms with Gasteiger partial charge in [0.05, 0.1) is 10.0 Å². The molecule has 1 atom stereocenters. The Bertz CT molecular complexity index is 599. The van der Waals surface area contributed by atoms with Gasteiger partial charge in [-0.1, -0.05) is 51.3 Å². The van der Waals surface area contributed by atoms with Crippen molar-refractivity contribution in [2.24, 2.45) is 0 Å². The van der Waals surface area contributed by atoms with E-state index < -0.39 is 0 Å². The number of anilines is 1. The highest BCUT2D eigenvalue weighted by Crippen LogP contribution is 2.28. The van der Waals surface area contributed by atoms with E-state index in [1.807, 2.05) is 18.2 Å². The maximum atomic E-state index is 6.04. The van der Waals surface area contributed by atoms with Crippen LogP contribution in [-0.4, -0.2) is 0 Å². The summed E-state index contributed by atoms with van der Waals surface area (Å²) in [7, 11) is 0. The summed E-state index contributed by atoms with van der Waals surface area (Å²) in [6, 6.07) is 12.1. The van der Waals surface area contributed by atoms with E-state index in [1.54, 1.807) is 0 Å². The lowest BCUT2D eigenvalue weighted by Crippen LogP contribution is -2.06. The third kappa shape index (κ3) is 3.65. The molecule has 0 saturated heterocycles. The molecular weight excluding hydrogens is 345 g/mol. The van der Waals surface area contributed by atoms with Crippen LogP contribution in [0.4, 0.5) is 5.69 Å². The van der Waals surface area contributed by atoms with Crippen molar-refractivity contribution in [3.8, 4) is 0 Å². The number of rotatable bonds is 3. The average Bonchev–Trinajstić information content (AvgIpc) is 2.37. The molecule has 0 fully saturated rings. The number of aryl methyl sites for hydroxylation is 1. The lowest BCUT2D eigenvalue weighted by Gasteiger charge is -2.17. The highest BCUT2D eigenvalue weighted by atomic mass is 79.9. The van der Waals surface area contributed by atoms with Crippen molar-refractivity contribution in [1.29, 1.82) is 0 Å². The Morgan fingerprint density at radius 1 is 1.05 bits per heavy atom. The zero-order valence-corrected chi connectivity index (χ0v) is 13.8. The Balaban J connectivity index is 2.17. The topological polar surface area (TPSA) is 12.0 Å². The fraction of sp³-hybridized carbons (Fsp3) is 0.200. The molecule has 0 radical (unpaired) electrons. The molecule has 0 aliphatic heterocycles. The number of hydrogen-bond acceptors (Lipinski definition) is 1. The van der Waals surface area contributed by atoms with Crippen LogP contribution in [0.15, 0.2) is 40.9 Å². The van der Waals surface area contributed by atoms with E-state index in [0.29, 0.717) is 10.0 Å².